The summed E-state index contributed by atoms with van der Waals surface area (Å²) in [6.45, 7) is 2.60. The third-order valence-corrected chi connectivity index (χ3v) is 3.02. The third-order valence-electron chi connectivity index (χ3n) is 3.02. The average molecular weight is 268 g/mol. The summed E-state index contributed by atoms with van der Waals surface area (Å²) in [6, 6.07) is 0.0671. The highest BCUT2D eigenvalue weighted by molar-refractivity contribution is 5.92. The summed E-state index contributed by atoms with van der Waals surface area (Å²) in [5.41, 5.74) is 0. The number of nitrogens with zero attached hydrogens (tertiary/aromatic N) is 3. The summed E-state index contributed by atoms with van der Waals surface area (Å²) in [6.07, 6.45) is 0.954. The van der Waals surface area contributed by atoms with Crippen LogP contribution in [0.4, 0.5) is 10.6 Å². The first-order chi connectivity index (χ1) is 9.01. The lowest BCUT2D eigenvalue weighted by Gasteiger charge is -2.20. The van der Waals surface area contributed by atoms with E-state index in [4.69, 9.17) is 5.11 Å². The minimum atomic E-state index is -1.12. The van der Waals surface area contributed by atoms with Crippen LogP contribution < -0.4 is 5.32 Å². The summed E-state index contributed by atoms with van der Waals surface area (Å²) in [4.78, 5) is 24.1. The number of anilines is 1. The molecule has 1 aromatic rings. The van der Waals surface area contributed by atoms with E-state index in [1.807, 2.05) is 6.92 Å². The van der Waals surface area contributed by atoms with Crippen LogP contribution in [0.2, 0.25) is 0 Å². The lowest BCUT2D eigenvalue weighted by molar-refractivity contribution is -0.141. The van der Waals surface area contributed by atoms with Crippen molar-refractivity contribution < 1.29 is 19.8 Å². The lowest BCUT2D eigenvalue weighted by atomic mass is 10.2. The van der Waals surface area contributed by atoms with Gasteiger partial charge in [0.1, 0.15) is 6.04 Å². The zero-order valence-corrected chi connectivity index (χ0v) is 10.5. The monoisotopic (exact) mass is 268 g/mol. The number of aromatic nitrogens is 2. The second kappa shape index (κ2) is 5.27. The molecule has 8 nitrogen and oxygen atoms in total. The van der Waals surface area contributed by atoms with Gasteiger partial charge in [0.05, 0.1) is 6.10 Å². The van der Waals surface area contributed by atoms with Crippen LogP contribution in [0.5, 0.6) is 0 Å². The number of carbonyl (C=O) groups excluding carboxylic acids is 1. The highest BCUT2D eigenvalue weighted by Gasteiger charge is 2.39. The zero-order chi connectivity index (χ0) is 14.0. The average Bonchev–Trinajstić information content (AvgIpc) is 2.95. The highest BCUT2D eigenvalue weighted by Crippen LogP contribution is 2.19. The number of aryl methyl sites for hydroxylation is 1. The quantitative estimate of drug-likeness (QED) is 0.712. The first-order valence-corrected chi connectivity index (χ1v) is 6.03. The van der Waals surface area contributed by atoms with Crippen molar-refractivity contribution in [2.45, 2.75) is 32.0 Å². The van der Waals surface area contributed by atoms with Gasteiger partial charge in [0.2, 0.25) is 0 Å². The highest BCUT2D eigenvalue weighted by atomic mass is 16.4. The number of amides is 2. The minimum absolute atomic E-state index is 0.0112. The molecule has 0 aromatic carbocycles. The Bertz CT molecular complexity index is 487. The molecule has 1 saturated heterocycles. The van der Waals surface area contributed by atoms with Gasteiger partial charge in [-0.1, -0.05) is 0 Å². The fraction of sp³-hybridized carbons (Fsp3) is 0.545. The molecule has 2 atom stereocenters. The molecular formula is C11H16N4O4. The number of hydrogen-bond acceptors (Lipinski definition) is 4. The normalized spacial score (nSPS) is 22.5. The molecule has 0 radical (unpaired) electrons. The maximum absolute atomic E-state index is 12.0. The molecule has 2 heterocycles. The summed E-state index contributed by atoms with van der Waals surface area (Å²) in [5, 5.41) is 25.1. The molecule has 2 rings (SSSR count). The number of urea groups is 1. The van der Waals surface area contributed by atoms with Crippen molar-refractivity contribution >= 4 is 17.8 Å². The summed E-state index contributed by atoms with van der Waals surface area (Å²) >= 11 is 0. The standard InChI is InChI=1S/C11H16N4O4/c1-2-14-4-3-9(13-14)12-11(19)15-6-7(16)5-8(15)10(17)18/h3-4,7-8,16H,2,5-6H2,1H3,(H,17,18)(H,12,13,19)/t7?,8-/m0/s1. The maximum Gasteiger partial charge on any atom is 0.326 e. The van der Waals surface area contributed by atoms with E-state index in [2.05, 4.69) is 10.4 Å². The van der Waals surface area contributed by atoms with Crippen molar-refractivity contribution in [1.29, 1.82) is 0 Å². The molecule has 0 bridgehead atoms. The van der Waals surface area contributed by atoms with Crippen molar-refractivity contribution in [3.8, 4) is 0 Å². The predicted octanol–water partition coefficient (Wildman–Crippen LogP) is -0.0453. The van der Waals surface area contributed by atoms with Gasteiger partial charge in [0.25, 0.3) is 0 Å². The SMILES string of the molecule is CCn1ccc(NC(=O)N2CC(O)C[C@H]2C(=O)O)n1. The third kappa shape index (κ3) is 2.84. The van der Waals surface area contributed by atoms with Crippen LogP contribution in [0.25, 0.3) is 0 Å². The van der Waals surface area contributed by atoms with E-state index >= 15 is 0 Å². The number of carboxylic acids is 1. The molecule has 1 aliphatic rings. The second-order valence-electron chi connectivity index (χ2n) is 4.38. The lowest BCUT2D eigenvalue weighted by Crippen LogP contribution is -2.43. The van der Waals surface area contributed by atoms with Crippen molar-refractivity contribution in [3.63, 3.8) is 0 Å². The van der Waals surface area contributed by atoms with Gasteiger partial charge in [-0.3, -0.25) is 10.00 Å². The first-order valence-electron chi connectivity index (χ1n) is 6.03. The molecule has 2 amide bonds. The molecule has 0 saturated carbocycles. The van der Waals surface area contributed by atoms with Gasteiger partial charge in [-0.05, 0) is 6.92 Å². The summed E-state index contributed by atoms with van der Waals surface area (Å²) in [5.74, 6) is -0.761. The molecule has 19 heavy (non-hydrogen) atoms. The van der Waals surface area contributed by atoms with Gasteiger partial charge in [0, 0.05) is 31.8 Å². The number of likely N-dealkylation sites (tertiary alicyclic amines) is 1. The molecule has 0 aliphatic carbocycles. The van der Waals surface area contributed by atoms with E-state index in [1.54, 1.807) is 16.9 Å². The molecule has 8 heteroatoms. The molecule has 1 fully saturated rings. The van der Waals surface area contributed by atoms with E-state index < -0.39 is 24.1 Å². The minimum Gasteiger partial charge on any atom is -0.480 e. The van der Waals surface area contributed by atoms with Crippen molar-refractivity contribution in [1.82, 2.24) is 14.7 Å². The smallest absolute Gasteiger partial charge is 0.326 e. The Kier molecular flexibility index (Phi) is 3.70. The molecule has 3 N–H and O–H groups in total. The van der Waals surface area contributed by atoms with Crippen molar-refractivity contribution in [2.24, 2.45) is 0 Å². The Labute approximate surface area is 109 Å². The predicted molar refractivity (Wildman–Crippen MR) is 65.7 cm³/mol. The number of carboxylic acid groups (broad SMARTS) is 1. The van der Waals surface area contributed by atoms with Crippen LogP contribution in [0.3, 0.4) is 0 Å². The summed E-state index contributed by atoms with van der Waals surface area (Å²) < 4.78 is 1.64. The molecule has 1 unspecified atom stereocenters. The van der Waals surface area contributed by atoms with Gasteiger partial charge in [-0.25, -0.2) is 9.59 Å². The van der Waals surface area contributed by atoms with Crippen LogP contribution in [-0.4, -0.2) is 55.6 Å². The van der Waals surface area contributed by atoms with Gasteiger partial charge < -0.3 is 15.1 Å². The van der Waals surface area contributed by atoms with Gasteiger partial charge in [-0.15, -0.1) is 0 Å². The van der Waals surface area contributed by atoms with Crippen LogP contribution in [0.15, 0.2) is 12.3 Å². The van der Waals surface area contributed by atoms with Gasteiger partial charge in [0.15, 0.2) is 5.82 Å². The Morgan fingerprint density at radius 2 is 2.32 bits per heavy atom. The number of nitrogens with one attached hydrogen (secondary N) is 1. The molecule has 104 valence electrons. The second-order valence-corrected chi connectivity index (χ2v) is 4.38. The molecular weight excluding hydrogens is 252 g/mol. The number of rotatable bonds is 3. The molecule has 1 aliphatic heterocycles. The van der Waals surface area contributed by atoms with Crippen LogP contribution >= 0.6 is 0 Å². The first kappa shape index (κ1) is 13.3. The maximum atomic E-state index is 12.0. The zero-order valence-electron chi connectivity index (χ0n) is 10.5. The number of carbonyl (C=O) groups is 2. The van der Waals surface area contributed by atoms with E-state index in [-0.39, 0.29) is 13.0 Å². The number of hydrogen-bond donors (Lipinski definition) is 3. The van der Waals surface area contributed by atoms with E-state index in [9.17, 15) is 14.7 Å². The largest absolute Gasteiger partial charge is 0.480 e. The number of aliphatic hydroxyl groups excluding tert-OH is 1. The Morgan fingerprint density at radius 1 is 1.58 bits per heavy atom. The fourth-order valence-corrected chi connectivity index (χ4v) is 2.06. The van der Waals surface area contributed by atoms with Crippen LogP contribution in [0.1, 0.15) is 13.3 Å². The Hall–Kier alpha value is -2.09. The van der Waals surface area contributed by atoms with Crippen LogP contribution in [0, 0.1) is 0 Å². The molecule has 0 spiro atoms. The van der Waals surface area contributed by atoms with E-state index in [0.717, 1.165) is 4.90 Å². The molecule has 1 aromatic heterocycles. The van der Waals surface area contributed by atoms with E-state index in [1.165, 1.54) is 0 Å². The van der Waals surface area contributed by atoms with Crippen molar-refractivity contribution in [3.05, 3.63) is 12.3 Å². The fourth-order valence-electron chi connectivity index (χ4n) is 2.06. The van der Waals surface area contributed by atoms with Gasteiger partial charge in [-0.2, -0.15) is 5.10 Å². The van der Waals surface area contributed by atoms with E-state index in [0.29, 0.717) is 12.4 Å². The van der Waals surface area contributed by atoms with Gasteiger partial charge >= 0.3 is 12.0 Å². The van der Waals surface area contributed by atoms with Crippen molar-refractivity contribution in [2.75, 3.05) is 11.9 Å². The number of β-amino-alcohol motifs (C(OH)–C–C–N with tert-alkyl or cyclic N) is 1. The number of aliphatic carboxylic acids is 1. The van der Waals surface area contributed by atoms with Crippen LogP contribution in [-0.2, 0) is 11.3 Å². The summed E-state index contributed by atoms with van der Waals surface area (Å²) in [7, 11) is 0. The topological polar surface area (TPSA) is 108 Å². The Morgan fingerprint density at radius 3 is 2.89 bits per heavy atom. The Balaban J connectivity index is 2.04. The number of aliphatic hydroxyl groups is 1.